The zero-order valence-electron chi connectivity index (χ0n) is 10.3. The second-order valence-corrected chi connectivity index (χ2v) is 5.10. The SMILES string of the molecule is Oc1ccc2cc(-c3nc(C4CC4)co3)ccc2c1. The molecule has 19 heavy (non-hydrogen) atoms. The summed E-state index contributed by atoms with van der Waals surface area (Å²) in [5.41, 5.74) is 2.05. The summed E-state index contributed by atoms with van der Waals surface area (Å²) in [6.07, 6.45) is 4.22. The summed E-state index contributed by atoms with van der Waals surface area (Å²) >= 11 is 0. The molecule has 1 heterocycles. The van der Waals surface area contributed by atoms with Gasteiger partial charge < -0.3 is 9.52 Å². The molecule has 3 nitrogen and oxygen atoms in total. The van der Waals surface area contributed by atoms with Crippen LogP contribution in [0.5, 0.6) is 5.75 Å². The summed E-state index contributed by atoms with van der Waals surface area (Å²) in [7, 11) is 0. The van der Waals surface area contributed by atoms with E-state index in [1.54, 1.807) is 18.4 Å². The summed E-state index contributed by atoms with van der Waals surface area (Å²) in [5.74, 6) is 1.57. The van der Waals surface area contributed by atoms with Crippen LogP contribution in [-0.2, 0) is 0 Å². The van der Waals surface area contributed by atoms with Crippen LogP contribution in [0.1, 0.15) is 24.5 Å². The molecule has 1 saturated carbocycles. The number of aromatic hydroxyl groups is 1. The van der Waals surface area contributed by atoms with Gasteiger partial charge in [-0.25, -0.2) is 4.98 Å². The lowest BCUT2D eigenvalue weighted by Gasteiger charge is -2.01. The van der Waals surface area contributed by atoms with Crippen molar-refractivity contribution in [3.05, 3.63) is 48.4 Å². The topological polar surface area (TPSA) is 46.3 Å². The van der Waals surface area contributed by atoms with Gasteiger partial charge >= 0.3 is 0 Å². The minimum Gasteiger partial charge on any atom is -0.508 e. The molecule has 0 radical (unpaired) electrons. The van der Waals surface area contributed by atoms with Crippen LogP contribution in [0.2, 0.25) is 0 Å². The molecule has 1 N–H and O–H groups in total. The molecule has 0 spiro atoms. The van der Waals surface area contributed by atoms with E-state index in [0.717, 1.165) is 22.0 Å². The van der Waals surface area contributed by atoms with Gasteiger partial charge in [-0.3, -0.25) is 0 Å². The summed E-state index contributed by atoms with van der Waals surface area (Å²) in [6, 6.07) is 11.3. The normalized spacial score (nSPS) is 14.9. The van der Waals surface area contributed by atoms with Crippen molar-refractivity contribution in [2.45, 2.75) is 18.8 Å². The first-order valence-corrected chi connectivity index (χ1v) is 6.48. The fourth-order valence-electron chi connectivity index (χ4n) is 2.35. The number of oxazole rings is 1. The van der Waals surface area contributed by atoms with E-state index in [9.17, 15) is 5.11 Å². The van der Waals surface area contributed by atoms with Gasteiger partial charge in [-0.15, -0.1) is 0 Å². The number of phenols is 1. The Morgan fingerprint density at radius 3 is 2.68 bits per heavy atom. The number of hydrogen-bond acceptors (Lipinski definition) is 3. The lowest BCUT2D eigenvalue weighted by Crippen LogP contribution is -1.81. The molecule has 1 aromatic heterocycles. The first-order valence-electron chi connectivity index (χ1n) is 6.48. The zero-order valence-corrected chi connectivity index (χ0v) is 10.3. The van der Waals surface area contributed by atoms with Gasteiger partial charge in [-0.1, -0.05) is 12.1 Å². The molecule has 3 heteroatoms. The monoisotopic (exact) mass is 251 g/mol. The van der Waals surface area contributed by atoms with E-state index >= 15 is 0 Å². The summed E-state index contributed by atoms with van der Waals surface area (Å²) in [4.78, 5) is 4.55. The lowest BCUT2D eigenvalue weighted by molar-refractivity contribution is 0.476. The third-order valence-corrected chi connectivity index (χ3v) is 3.59. The largest absolute Gasteiger partial charge is 0.508 e. The molecule has 1 fully saturated rings. The fraction of sp³-hybridized carbons (Fsp3) is 0.188. The van der Waals surface area contributed by atoms with E-state index in [-0.39, 0.29) is 5.75 Å². The lowest BCUT2D eigenvalue weighted by atomic mass is 10.1. The summed E-state index contributed by atoms with van der Waals surface area (Å²) in [5, 5.41) is 11.5. The summed E-state index contributed by atoms with van der Waals surface area (Å²) < 4.78 is 5.56. The van der Waals surface area contributed by atoms with E-state index in [1.165, 1.54) is 12.8 Å². The van der Waals surface area contributed by atoms with Gasteiger partial charge in [0, 0.05) is 11.5 Å². The third-order valence-electron chi connectivity index (χ3n) is 3.59. The molecule has 0 amide bonds. The number of rotatable bonds is 2. The van der Waals surface area contributed by atoms with Crippen molar-refractivity contribution >= 4 is 10.8 Å². The number of benzene rings is 2. The molecule has 1 aliphatic carbocycles. The predicted molar refractivity (Wildman–Crippen MR) is 73.1 cm³/mol. The number of hydrogen-bond donors (Lipinski definition) is 1. The quantitative estimate of drug-likeness (QED) is 0.746. The molecule has 1 aliphatic rings. The smallest absolute Gasteiger partial charge is 0.226 e. The average molecular weight is 251 g/mol. The number of aromatic nitrogens is 1. The van der Waals surface area contributed by atoms with Crippen LogP contribution in [0.25, 0.3) is 22.2 Å². The molecular weight excluding hydrogens is 238 g/mol. The molecule has 3 aromatic rings. The average Bonchev–Trinajstić information content (AvgIpc) is 3.16. The maximum atomic E-state index is 9.46. The Bertz CT molecular complexity index is 756. The van der Waals surface area contributed by atoms with Gasteiger partial charge in [0.25, 0.3) is 0 Å². The second kappa shape index (κ2) is 3.85. The highest BCUT2D eigenvalue weighted by Gasteiger charge is 2.27. The first kappa shape index (κ1) is 10.6. The van der Waals surface area contributed by atoms with Gasteiger partial charge in [0.15, 0.2) is 0 Å². The van der Waals surface area contributed by atoms with Crippen LogP contribution in [0.3, 0.4) is 0 Å². The molecule has 0 atom stereocenters. The molecule has 4 rings (SSSR count). The Morgan fingerprint density at radius 2 is 1.84 bits per heavy atom. The Morgan fingerprint density at radius 1 is 1.05 bits per heavy atom. The molecule has 0 aliphatic heterocycles. The van der Waals surface area contributed by atoms with E-state index in [0.29, 0.717) is 11.8 Å². The minimum absolute atomic E-state index is 0.285. The number of nitrogens with zero attached hydrogens (tertiary/aromatic N) is 1. The minimum atomic E-state index is 0.285. The van der Waals surface area contributed by atoms with Crippen LogP contribution in [0, 0.1) is 0 Å². The van der Waals surface area contributed by atoms with E-state index in [1.807, 2.05) is 24.3 Å². The van der Waals surface area contributed by atoms with Crippen LogP contribution < -0.4 is 0 Å². The highest BCUT2D eigenvalue weighted by atomic mass is 16.3. The van der Waals surface area contributed by atoms with Gasteiger partial charge in [-0.05, 0) is 47.9 Å². The Balaban J connectivity index is 1.78. The molecule has 0 saturated heterocycles. The molecule has 94 valence electrons. The van der Waals surface area contributed by atoms with Gasteiger partial charge in [0.05, 0.1) is 5.69 Å². The number of phenolic OH excluding ortho intramolecular Hbond substituents is 1. The van der Waals surface area contributed by atoms with E-state index in [2.05, 4.69) is 4.98 Å². The van der Waals surface area contributed by atoms with Gasteiger partial charge in [0.1, 0.15) is 12.0 Å². The van der Waals surface area contributed by atoms with Crippen LogP contribution >= 0.6 is 0 Å². The maximum Gasteiger partial charge on any atom is 0.226 e. The van der Waals surface area contributed by atoms with Crippen molar-refractivity contribution in [2.24, 2.45) is 0 Å². The van der Waals surface area contributed by atoms with Crippen molar-refractivity contribution < 1.29 is 9.52 Å². The second-order valence-electron chi connectivity index (χ2n) is 5.10. The van der Waals surface area contributed by atoms with Gasteiger partial charge in [-0.2, -0.15) is 0 Å². The Hall–Kier alpha value is -2.29. The highest BCUT2D eigenvalue weighted by molar-refractivity contribution is 5.87. The van der Waals surface area contributed by atoms with Crippen molar-refractivity contribution in [2.75, 3.05) is 0 Å². The standard InChI is InChI=1S/C16H13NO2/c18-14-6-5-11-7-13(4-3-12(11)8-14)16-17-15(9-19-16)10-1-2-10/h3-10,18H,1-2H2. The zero-order chi connectivity index (χ0) is 12.8. The molecular formula is C16H13NO2. The molecule has 0 bridgehead atoms. The Labute approximate surface area is 110 Å². The number of fused-ring (bicyclic) bond motifs is 1. The van der Waals surface area contributed by atoms with E-state index in [4.69, 9.17) is 4.42 Å². The summed E-state index contributed by atoms with van der Waals surface area (Å²) in [6.45, 7) is 0. The fourth-order valence-corrected chi connectivity index (χ4v) is 2.35. The third kappa shape index (κ3) is 1.87. The van der Waals surface area contributed by atoms with Crippen molar-refractivity contribution in [3.63, 3.8) is 0 Å². The van der Waals surface area contributed by atoms with Crippen molar-refractivity contribution in [3.8, 4) is 17.2 Å². The van der Waals surface area contributed by atoms with Crippen LogP contribution in [0.15, 0.2) is 47.1 Å². The van der Waals surface area contributed by atoms with Crippen molar-refractivity contribution in [1.29, 1.82) is 0 Å². The van der Waals surface area contributed by atoms with Gasteiger partial charge in [0.2, 0.25) is 5.89 Å². The highest BCUT2D eigenvalue weighted by Crippen LogP contribution is 2.40. The first-order chi connectivity index (χ1) is 9.29. The molecule has 0 unspecified atom stereocenters. The molecule has 2 aromatic carbocycles. The maximum absolute atomic E-state index is 9.46. The van der Waals surface area contributed by atoms with Crippen molar-refractivity contribution in [1.82, 2.24) is 4.98 Å². The van der Waals surface area contributed by atoms with Crippen LogP contribution in [0.4, 0.5) is 0 Å². The van der Waals surface area contributed by atoms with Crippen LogP contribution in [-0.4, -0.2) is 10.1 Å². The Kier molecular flexibility index (Phi) is 2.15. The predicted octanol–water partition coefficient (Wildman–Crippen LogP) is 4.08. The van der Waals surface area contributed by atoms with E-state index < -0.39 is 0 Å².